The van der Waals surface area contributed by atoms with Gasteiger partial charge >= 0.3 is 66.9 Å². The first-order chi connectivity index (χ1) is 8.24. The molecule has 0 fully saturated rings. The van der Waals surface area contributed by atoms with E-state index in [1.54, 1.807) is 42.5 Å². The second-order valence-corrected chi connectivity index (χ2v) is 3.38. The monoisotopic (exact) mass is 273 g/mol. The Morgan fingerprint density at radius 1 is 0.882 bits per heavy atom. The number of rotatable bonds is 1. The molecule has 0 saturated heterocycles. The molecular weight excluding hydrogens is 261 g/mol. The number of benzene rings is 2. The van der Waals surface area contributed by atoms with Crippen LogP contribution in [0.5, 0.6) is 11.5 Å². The van der Waals surface area contributed by atoms with Crippen LogP contribution in [-0.4, -0.2) is 16.4 Å². The second-order valence-electron chi connectivity index (χ2n) is 3.11. The summed E-state index contributed by atoms with van der Waals surface area (Å²) in [6.07, 6.45) is 1.48. The van der Waals surface area contributed by atoms with Crippen LogP contribution < -0.4 is 0 Å². The summed E-state index contributed by atoms with van der Waals surface area (Å²) in [5.74, 6) is 0.543. The minimum atomic E-state index is 0.221. The van der Waals surface area contributed by atoms with Gasteiger partial charge in [-0.15, -0.1) is 0 Å². The summed E-state index contributed by atoms with van der Waals surface area (Å²) in [5, 5.41) is 17.7. The molecule has 0 heterocycles. The molecule has 0 aliphatic carbocycles. The number of hydrogen-bond acceptors (Lipinski definition) is 3. The van der Waals surface area contributed by atoms with Crippen molar-refractivity contribution >= 4 is 6.21 Å². The Hall–Kier alpha value is -1.78. The Morgan fingerprint density at radius 2 is 1.47 bits per heavy atom. The van der Waals surface area contributed by atoms with E-state index in [2.05, 4.69) is 20.0 Å². The molecule has 0 aromatic heterocycles. The van der Waals surface area contributed by atoms with Crippen LogP contribution in [0.15, 0.2) is 58.6 Å². The number of aromatic hydroxyl groups is 2. The SMILES string of the molecule is Oc1ccccc1.Oc1ccccc1C=[N][Co]. The van der Waals surface area contributed by atoms with Crippen LogP contribution in [0.3, 0.4) is 0 Å². The maximum atomic E-state index is 9.12. The van der Waals surface area contributed by atoms with Gasteiger partial charge in [0.2, 0.25) is 0 Å². The van der Waals surface area contributed by atoms with E-state index in [-0.39, 0.29) is 5.75 Å². The summed E-state index contributed by atoms with van der Waals surface area (Å²) in [7, 11) is 0. The van der Waals surface area contributed by atoms with Gasteiger partial charge in [0.05, 0.1) is 0 Å². The molecule has 3 nitrogen and oxygen atoms in total. The Bertz CT molecular complexity index is 472. The van der Waals surface area contributed by atoms with E-state index in [1.165, 1.54) is 6.21 Å². The first kappa shape index (κ1) is 13.3. The molecule has 90 valence electrons. The average Bonchev–Trinajstić information content (AvgIpc) is 2.34. The van der Waals surface area contributed by atoms with Crippen molar-refractivity contribution in [3.63, 3.8) is 0 Å². The zero-order chi connectivity index (χ0) is 12.5. The standard InChI is InChI=1S/C7H6NO.C6H6O.Co/c8-5-6-3-1-2-4-7(6)9;7-6-4-2-1-3-5-6;/h1-5,9H;1-5,7H;/q-1;;+1. The van der Waals surface area contributed by atoms with E-state index in [9.17, 15) is 0 Å². The van der Waals surface area contributed by atoms with E-state index in [1.807, 2.05) is 12.1 Å². The fourth-order valence-electron chi connectivity index (χ4n) is 1.07. The van der Waals surface area contributed by atoms with E-state index >= 15 is 0 Å². The number of phenols is 2. The van der Waals surface area contributed by atoms with Gasteiger partial charge in [0.25, 0.3) is 0 Å². The third-order valence-electron chi connectivity index (χ3n) is 1.88. The van der Waals surface area contributed by atoms with Crippen molar-refractivity contribution in [3.05, 3.63) is 60.2 Å². The minimum absolute atomic E-state index is 0.221. The molecule has 0 radical (unpaired) electrons. The average molecular weight is 273 g/mol. The van der Waals surface area contributed by atoms with Crippen molar-refractivity contribution in [2.24, 2.45) is 4.04 Å². The topological polar surface area (TPSA) is 52.8 Å². The van der Waals surface area contributed by atoms with Crippen LogP contribution in [0, 0.1) is 0 Å². The Labute approximate surface area is 108 Å². The van der Waals surface area contributed by atoms with E-state index < -0.39 is 0 Å². The summed E-state index contributed by atoms with van der Waals surface area (Å²) in [5.41, 5.74) is 0.677. The first-order valence-corrected chi connectivity index (χ1v) is 5.35. The fraction of sp³-hybridized carbons (Fsp3) is 0. The zero-order valence-electron chi connectivity index (χ0n) is 8.95. The predicted molar refractivity (Wildman–Crippen MR) is 63.8 cm³/mol. The summed E-state index contributed by atoms with van der Waals surface area (Å²) >= 11 is 3.68. The molecule has 0 atom stereocenters. The third-order valence-corrected chi connectivity index (χ3v) is 2.01. The molecule has 0 aliphatic heterocycles. The molecule has 4 heteroatoms. The Morgan fingerprint density at radius 3 is 1.94 bits per heavy atom. The predicted octanol–water partition coefficient (Wildman–Crippen LogP) is 2.67. The number of hydrogen-bond donors (Lipinski definition) is 2. The van der Waals surface area contributed by atoms with Crippen LogP contribution in [0.25, 0.3) is 0 Å². The molecule has 0 aliphatic rings. The second kappa shape index (κ2) is 7.48. The van der Waals surface area contributed by atoms with Gasteiger partial charge in [0, 0.05) is 0 Å². The van der Waals surface area contributed by atoms with Crippen LogP contribution in [0.1, 0.15) is 5.56 Å². The summed E-state index contributed by atoms with van der Waals surface area (Å²) < 4.78 is 3.47. The van der Waals surface area contributed by atoms with Gasteiger partial charge in [-0.1, -0.05) is 18.2 Å². The van der Waals surface area contributed by atoms with Gasteiger partial charge < -0.3 is 5.11 Å². The Balaban J connectivity index is 0.000000181. The van der Waals surface area contributed by atoms with Crippen molar-refractivity contribution in [2.45, 2.75) is 0 Å². The first-order valence-electron chi connectivity index (χ1n) is 4.88. The zero-order valence-corrected chi connectivity index (χ0v) is 9.99. The molecule has 2 rings (SSSR count). The van der Waals surface area contributed by atoms with E-state index in [4.69, 9.17) is 10.2 Å². The fourth-order valence-corrected chi connectivity index (χ4v) is 1.22. The number of phenolic OH excluding ortho intramolecular Hbond substituents is 2. The molecular formula is C13H12CoNO2. The number of para-hydroxylation sites is 2. The van der Waals surface area contributed by atoms with Gasteiger partial charge in [-0.05, 0) is 12.1 Å². The third kappa shape index (κ3) is 5.19. The van der Waals surface area contributed by atoms with E-state index in [0.29, 0.717) is 11.3 Å². The summed E-state index contributed by atoms with van der Waals surface area (Å²) in [4.78, 5) is 0. The molecule has 0 amide bonds. The van der Waals surface area contributed by atoms with Gasteiger partial charge in [-0.2, -0.15) is 0 Å². The van der Waals surface area contributed by atoms with Gasteiger partial charge in [0.1, 0.15) is 5.75 Å². The Kier molecular flexibility index (Phi) is 5.85. The van der Waals surface area contributed by atoms with Crippen molar-refractivity contribution < 1.29 is 26.2 Å². The van der Waals surface area contributed by atoms with Crippen LogP contribution in [-0.2, 0) is 16.0 Å². The van der Waals surface area contributed by atoms with E-state index in [0.717, 1.165) is 0 Å². The summed E-state index contributed by atoms with van der Waals surface area (Å²) in [6.45, 7) is 0. The van der Waals surface area contributed by atoms with Gasteiger partial charge in [-0.3, -0.25) is 0 Å². The van der Waals surface area contributed by atoms with Crippen molar-refractivity contribution in [1.82, 2.24) is 0 Å². The molecule has 2 N–H and O–H groups in total. The summed E-state index contributed by atoms with van der Waals surface area (Å²) in [6, 6.07) is 15.6. The normalized spacial score (nSPS) is 9.76. The van der Waals surface area contributed by atoms with Crippen molar-refractivity contribution in [2.75, 3.05) is 0 Å². The maximum absolute atomic E-state index is 9.12. The van der Waals surface area contributed by atoms with Crippen LogP contribution >= 0.6 is 0 Å². The molecule has 0 saturated carbocycles. The molecule has 2 aromatic rings. The number of nitrogens with zero attached hydrogens (tertiary/aromatic N) is 1. The quantitative estimate of drug-likeness (QED) is 0.785. The van der Waals surface area contributed by atoms with Gasteiger partial charge in [0.15, 0.2) is 0 Å². The molecule has 0 bridgehead atoms. The van der Waals surface area contributed by atoms with Crippen molar-refractivity contribution in [1.29, 1.82) is 0 Å². The van der Waals surface area contributed by atoms with Crippen LogP contribution in [0.4, 0.5) is 0 Å². The van der Waals surface area contributed by atoms with Gasteiger partial charge in [-0.25, -0.2) is 0 Å². The molecule has 0 spiro atoms. The molecule has 0 unspecified atom stereocenters. The molecule has 17 heavy (non-hydrogen) atoms. The molecule has 2 aromatic carbocycles. The van der Waals surface area contributed by atoms with Crippen molar-refractivity contribution in [3.8, 4) is 11.5 Å². The van der Waals surface area contributed by atoms with Crippen LogP contribution in [0.2, 0.25) is 0 Å².